The standard InChI is InChI=1S/C12H12BrNO/c1-14-7-8-2-3-9(13)6-10(8)12(4-5-12)11(14)15/h2-3,6H,4-5,7H2,1H3. The van der Waals surface area contributed by atoms with E-state index in [0.29, 0.717) is 5.91 Å². The Labute approximate surface area is 97.4 Å². The van der Waals surface area contributed by atoms with Gasteiger partial charge in [0.25, 0.3) is 0 Å². The smallest absolute Gasteiger partial charge is 0.233 e. The highest BCUT2D eigenvalue weighted by Crippen LogP contribution is 2.53. The van der Waals surface area contributed by atoms with Gasteiger partial charge in [0.2, 0.25) is 5.91 Å². The van der Waals surface area contributed by atoms with Crippen molar-refractivity contribution >= 4 is 21.8 Å². The number of hydrogen-bond acceptors (Lipinski definition) is 1. The highest BCUT2D eigenvalue weighted by Gasteiger charge is 2.55. The van der Waals surface area contributed by atoms with Crippen molar-refractivity contribution in [2.24, 2.45) is 0 Å². The molecule has 3 rings (SSSR count). The normalized spacial score (nSPS) is 21.7. The maximum absolute atomic E-state index is 12.1. The zero-order valence-corrected chi connectivity index (χ0v) is 10.2. The molecule has 1 heterocycles. The average Bonchev–Trinajstić information content (AvgIpc) is 2.99. The monoisotopic (exact) mass is 265 g/mol. The van der Waals surface area contributed by atoms with Gasteiger partial charge in [-0.2, -0.15) is 0 Å². The fourth-order valence-electron chi connectivity index (χ4n) is 2.55. The zero-order chi connectivity index (χ0) is 10.6. The Balaban J connectivity index is 2.20. The fraction of sp³-hybridized carbons (Fsp3) is 0.417. The van der Waals surface area contributed by atoms with Crippen LogP contribution >= 0.6 is 15.9 Å². The minimum Gasteiger partial charge on any atom is -0.341 e. The third-order valence-electron chi connectivity index (χ3n) is 3.50. The van der Waals surface area contributed by atoms with Crippen LogP contribution < -0.4 is 0 Å². The number of benzene rings is 1. The lowest BCUT2D eigenvalue weighted by Crippen LogP contribution is -2.41. The number of carbonyl (C=O) groups is 1. The molecule has 1 aromatic rings. The van der Waals surface area contributed by atoms with Gasteiger partial charge in [-0.3, -0.25) is 4.79 Å². The van der Waals surface area contributed by atoms with Crippen LogP contribution in [0, 0.1) is 0 Å². The van der Waals surface area contributed by atoms with Gasteiger partial charge in [-0.05, 0) is 36.1 Å². The first-order valence-corrected chi connectivity index (χ1v) is 5.97. The van der Waals surface area contributed by atoms with E-state index in [-0.39, 0.29) is 5.41 Å². The highest BCUT2D eigenvalue weighted by atomic mass is 79.9. The number of halogens is 1. The van der Waals surface area contributed by atoms with Crippen molar-refractivity contribution in [3.8, 4) is 0 Å². The van der Waals surface area contributed by atoms with Gasteiger partial charge in [-0.1, -0.05) is 22.0 Å². The third kappa shape index (κ3) is 1.19. The van der Waals surface area contributed by atoms with Crippen LogP contribution in [0.25, 0.3) is 0 Å². The molecule has 0 aromatic heterocycles. The minimum atomic E-state index is -0.161. The molecule has 1 saturated carbocycles. The molecule has 1 aliphatic heterocycles. The second kappa shape index (κ2) is 2.85. The number of hydrogen-bond donors (Lipinski definition) is 0. The molecule has 1 aromatic carbocycles. The molecule has 0 N–H and O–H groups in total. The van der Waals surface area contributed by atoms with Gasteiger partial charge in [0, 0.05) is 18.1 Å². The van der Waals surface area contributed by atoms with E-state index in [0.717, 1.165) is 23.9 Å². The van der Waals surface area contributed by atoms with Crippen LogP contribution in [0.15, 0.2) is 22.7 Å². The molecule has 2 nitrogen and oxygen atoms in total. The summed E-state index contributed by atoms with van der Waals surface area (Å²) >= 11 is 3.48. The number of rotatable bonds is 0. The zero-order valence-electron chi connectivity index (χ0n) is 8.59. The van der Waals surface area contributed by atoms with E-state index in [2.05, 4.69) is 34.1 Å². The summed E-state index contributed by atoms with van der Waals surface area (Å²) in [5, 5.41) is 0. The molecule has 2 aliphatic rings. The van der Waals surface area contributed by atoms with Gasteiger partial charge in [-0.25, -0.2) is 0 Å². The van der Waals surface area contributed by atoms with Crippen molar-refractivity contribution in [2.75, 3.05) is 7.05 Å². The summed E-state index contributed by atoms with van der Waals surface area (Å²) in [5.74, 6) is 0.299. The fourth-order valence-corrected chi connectivity index (χ4v) is 2.91. The van der Waals surface area contributed by atoms with Crippen molar-refractivity contribution in [1.82, 2.24) is 4.90 Å². The Morgan fingerprint density at radius 2 is 2.13 bits per heavy atom. The van der Waals surface area contributed by atoms with Crippen LogP contribution in [0.1, 0.15) is 24.0 Å². The molecule has 1 amide bonds. The predicted octanol–water partition coefficient (Wildman–Crippen LogP) is 2.45. The van der Waals surface area contributed by atoms with Crippen molar-refractivity contribution in [3.63, 3.8) is 0 Å². The lowest BCUT2D eigenvalue weighted by Gasteiger charge is -2.32. The van der Waals surface area contributed by atoms with E-state index in [1.165, 1.54) is 11.1 Å². The number of fused-ring (bicyclic) bond motifs is 2. The number of nitrogens with zero attached hydrogens (tertiary/aromatic N) is 1. The van der Waals surface area contributed by atoms with E-state index in [1.807, 2.05) is 11.9 Å². The quantitative estimate of drug-likeness (QED) is 0.706. The molecule has 1 aliphatic carbocycles. The summed E-state index contributed by atoms with van der Waals surface area (Å²) in [7, 11) is 1.90. The minimum absolute atomic E-state index is 0.161. The predicted molar refractivity (Wildman–Crippen MR) is 61.5 cm³/mol. The van der Waals surface area contributed by atoms with Crippen LogP contribution in [-0.2, 0) is 16.8 Å². The highest BCUT2D eigenvalue weighted by molar-refractivity contribution is 9.10. The molecule has 0 saturated heterocycles. The van der Waals surface area contributed by atoms with Crippen LogP contribution in [0.4, 0.5) is 0 Å². The molecule has 3 heteroatoms. The Kier molecular flexibility index (Phi) is 1.78. The van der Waals surface area contributed by atoms with Crippen LogP contribution in [-0.4, -0.2) is 17.9 Å². The lowest BCUT2D eigenvalue weighted by atomic mass is 9.86. The SMILES string of the molecule is CN1Cc2ccc(Br)cc2C2(CC2)C1=O. The van der Waals surface area contributed by atoms with Crippen LogP contribution in [0.3, 0.4) is 0 Å². The average molecular weight is 266 g/mol. The summed E-state index contributed by atoms with van der Waals surface area (Å²) < 4.78 is 1.07. The Morgan fingerprint density at radius 3 is 2.80 bits per heavy atom. The summed E-state index contributed by atoms with van der Waals surface area (Å²) in [6.07, 6.45) is 2.03. The molecule has 0 unspecified atom stereocenters. The van der Waals surface area contributed by atoms with Gasteiger partial charge in [0.05, 0.1) is 5.41 Å². The summed E-state index contributed by atoms with van der Waals surface area (Å²) in [4.78, 5) is 13.9. The van der Waals surface area contributed by atoms with Crippen LogP contribution in [0.2, 0.25) is 0 Å². The van der Waals surface area contributed by atoms with E-state index in [9.17, 15) is 4.79 Å². The third-order valence-corrected chi connectivity index (χ3v) is 3.99. The molecular formula is C12H12BrNO. The number of amides is 1. The lowest BCUT2D eigenvalue weighted by molar-refractivity contribution is -0.134. The molecule has 0 bridgehead atoms. The van der Waals surface area contributed by atoms with Crippen molar-refractivity contribution in [2.45, 2.75) is 24.8 Å². The summed E-state index contributed by atoms with van der Waals surface area (Å²) in [6, 6.07) is 6.30. The molecule has 0 radical (unpaired) electrons. The number of carbonyl (C=O) groups excluding carboxylic acids is 1. The van der Waals surface area contributed by atoms with Crippen molar-refractivity contribution in [1.29, 1.82) is 0 Å². The Hall–Kier alpha value is -0.830. The summed E-state index contributed by atoms with van der Waals surface area (Å²) in [5.41, 5.74) is 2.39. The first-order chi connectivity index (χ1) is 7.13. The van der Waals surface area contributed by atoms with E-state index in [1.54, 1.807) is 0 Å². The molecule has 15 heavy (non-hydrogen) atoms. The molecule has 1 spiro atoms. The molecular weight excluding hydrogens is 254 g/mol. The van der Waals surface area contributed by atoms with E-state index < -0.39 is 0 Å². The van der Waals surface area contributed by atoms with Gasteiger partial charge in [0.15, 0.2) is 0 Å². The molecule has 78 valence electrons. The largest absolute Gasteiger partial charge is 0.341 e. The van der Waals surface area contributed by atoms with Gasteiger partial charge in [-0.15, -0.1) is 0 Å². The first kappa shape index (κ1) is 9.40. The molecule has 1 fully saturated rings. The van der Waals surface area contributed by atoms with Gasteiger partial charge < -0.3 is 4.90 Å². The second-order valence-corrected chi connectivity index (χ2v) is 5.46. The summed E-state index contributed by atoms with van der Waals surface area (Å²) in [6.45, 7) is 0.753. The Morgan fingerprint density at radius 1 is 1.40 bits per heavy atom. The second-order valence-electron chi connectivity index (χ2n) is 4.54. The van der Waals surface area contributed by atoms with E-state index in [4.69, 9.17) is 0 Å². The van der Waals surface area contributed by atoms with Gasteiger partial charge in [0.1, 0.15) is 0 Å². The molecule has 0 atom stereocenters. The number of likely N-dealkylation sites (N-methyl/N-ethyl adjacent to an activating group) is 1. The van der Waals surface area contributed by atoms with E-state index >= 15 is 0 Å². The maximum Gasteiger partial charge on any atom is 0.233 e. The topological polar surface area (TPSA) is 20.3 Å². The maximum atomic E-state index is 12.1. The van der Waals surface area contributed by atoms with Crippen molar-refractivity contribution in [3.05, 3.63) is 33.8 Å². The van der Waals surface area contributed by atoms with Crippen molar-refractivity contribution < 1.29 is 4.79 Å². The first-order valence-electron chi connectivity index (χ1n) is 5.18. The Bertz CT molecular complexity index is 451. The van der Waals surface area contributed by atoms with Gasteiger partial charge >= 0.3 is 0 Å². The van der Waals surface area contributed by atoms with Crippen LogP contribution in [0.5, 0.6) is 0 Å².